The first kappa shape index (κ1) is 17.2. The van der Waals surface area contributed by atoms with Crippen LogP contribution in [0.2, 0.25) is 0 Å². The molecule has 1 aromatic rings. The molecule has 1 rings (SSSR count). The second-order valence-corrected chi connectivity index (χ2v) is 6.10. The van der Waals surface area contributed by atoms with Crippen molar-refractivity contribution in [2.75, 3.05) is 6.54 Å². The van der Waals surface area contributed by atoms with Crippen molar-refractivity contribution < 1.29 is 0 Å². The highest BCUT2D eigenvalue weighted by atomic mass is 15.3. The largest absolute Gasteiger partial charge is 0.314 e. The zero-order chi connectivity index (χ0) is 15.0. The highest BCUT2D eigenvalue weighted by Crippen LogP contribution is 2.16. The molecule has 1 atom stereocenters. The summed E-state index contributed by atoms with van der Waals surface area (Å²) in [5.74, 6) is 0.683. The number of hydrogen-bond donors (Lipinski definition) is 1. The lowest BCUT2D eigenvalue weighted by Crippen LogP contribution is -2.34. The fraction of sp³-hybridized carbons (Fsp3) is 0.824. The van der Waals surface area contributed by atoms with Crippen molar-refractivity contribution in [1.82, 2.24) is 15.1 Å². The van der Waals surface area contributed by atoms with E-state index < -0.39 is 0 Å². The molecule has 0 saturated carbocycles. The third-order valence-corrected chi connectivity index (χ3v) is 4.15. The van der Waals surface area contributed by atoms with Gasteiger partial charge in [-0.2, -0.15) is 5.10 Å². The van der Waals surface area contributed by atoms with Crippen molar-refractivity contribution in [3.8, 4) is 0 Å². The Balaban J connectivity index is 2.51. The van der Waals surface area contributed by atoms with Gasteiger partial charge in [0.15, 0.2) is 0 Å². The minimum atomic E-state index is 0.558. The molecule has 0 aliphatic rings. The van der Waals surface area contributed by atoms with E-state index in [1.807, 2.05) is 0 Å². The molecule has 1 heterocycles. The van der Waals surface area contributed by atoms with Gasteiger partial charge in [0, 0.05) is 12.2 Å². The van der Waals surface area contributed by atoms with E-state index >= 15 is 0 Å². The molecule has 3 nitrogen and oxygen atoms in total. The van der Waals surface area contributed by atoms with Gasteiger partial charge >= 0.3 is 0 Å². The normalized spacial score (nSPS) is 13.3. The van der Waals surface area contributed by atoms with Crippen molar-refractivity contribution in [3.05, 3.63) is 18.0 Å². The van der Waals surface area contributed by atoms with Gasteiger partial charge in [0.05, 0.1) is 11.7 Å². The van der Waals surface area contributed by atoms with Gasteiger partial charge in [0.1, 0.15) is 0 Å². The fourth-order valence-corrected chi connectivity index (χ4v) is 2.68. The summed E-state index contributed by atoms with van der Waals surface area (Å²) >= 11 is 0. The van der Waals surface area contributed by atoms with Gasteiger partial charge in [0.25, 0.3) is 0 Å². The molecule has 0 saturated heterocycles. The summed E-state index contributed by atoms with van der Waals surface area (Å²) in [6, 6.07) is 3.35. The molecule has 20 heavy (non-hydrogen) atoms. The van der Waals surface area contributed by atoms with E-state index in [1.165, 1.54) is 18.5 Å². The quantitative estimate of drug-likeness (QED) is 0.695. The van der Waals surface area contributed by atoms with Crippen LogP contribution in [-0.2, 0) is 6.42 Å². The molecular weight excluding hydrogens is 246 g/mol. The molecule has 0 bridgehead atoms. The first-order valence-electron chi connectivity index (χ1n) is 8.39. The van der Waals surface area contributed by atoms with Gasteiger partial charge in [-0.05, 0) is 50.6 Å². The highest BCUT2D eigenvalue weighted by Gasteiger charge is 2.14. The molecule has 1 unspecified atom stereocenters. The van der Waals surface area contributed by atoms with Gasteiger partial charge < -0.3 is 5.32 Å². The lowest BCUT2D eigenvalue weighted by Gasteiger charge is -2.21. The van der Waals surface area contributed by atoms with Crippen LogP contribution in [0.15, 0.2) is 12.3 Å². The number of nitrogens with zero attached hydrogens (tertiary/aromatic N) is 2. The maximum atomic E-state index is 4.75. The monoisotopic (exact) mass is 279 g/mol. The van der Waals surface area contributed by atoms with Gasteiger partial charge in [0.2, 0.25) is 0 Å². The van der Waals surface area contributed by atoms with Crippen LogP contribution in [0, 0.1) is 5.92 Å². The maximum Gasteiger partial charge on any atom is 0.0625 e. The number of nitrogens with one attached hydrogen (secondary N) is 1. The van der Waals surface area contributed by atoms with Gasteiger partial charge in [-0.3, -0.25) is 4.68 Å². The van der Waals surface area contributed by atoms with E-state index in [0.717, 1.165) is 25.8 Å². The molecular formula is C17H33N3. The zero-order valence-corrected chi connectivity index (χ0v) is 14.0. The second kappa shape index (κ2) is 9.17. The van der Waals surface area contributed by atoms with Gasteiger partial charge in [-0.15, -0.1) is 0 Å². The van der Waals surface area contributed by atoms with E-state index in [2.05, 4.69) is 56.9 Å². The van der Waals surface area contributed by atoms with E-state index in [0.29, 0.717) is 18.0 Å². The Kier molecular flexibility index (Phi) is 7.90. The molecule has 1 N–H and O–H groups in total. The second-order valence-electron chi connectivity index (χ2n) is 6.10. The summed E-state index contributed by atoms with van der Waals surface area (Å²) in [5.41, 5.74) is 1.24. The average Bonchev–Trinajstić information content (AvgIpc) is 2.88. The predicted octanol–water partition coefficient (Wildman–Crippen LogP) is 4.20. The minimum absolute atomic E-state index is 0.558. The molecule has 0 amide bonds. The molecule has 116 valence electrons. The van der Waals surface area contributed by atoms with Crippen molar-refractivity contribution in [2.45, 2.75) is 78.8 Å². The van der Waals surface area contributed by atoms with Crippen LogP contribution in [0.1, 0.15) is 72.0 Å². The lowest BCUT2D eigenvalue weighted by molar-refractivity contribution is 0.374. The van der Waals surface area contributed by atoms with Crippen LogP contribution in [0.25, 0.3) is 0 Å². The highest BCUT2D eigenvalue weighted by molar-refractivity contribution is 5.00. The first-order valence-corrected chi connectivity index (χ1v) is 8.39. The Morgan fingerprint density at radius 2 is 1.90 bits per heavy atom. The van der Waals surface area contributed by atoms with Crippen molar-refractivity contribution in [2.24, 2.45) is 5.92 Å². The minimum Gasteiger partial charge on any atom is -0.314 e. The number of aromatic nitrogens is 2. The van der Waals surface area contributed by atoms with Crippen molar-refractivity contribution in [3.63, 3.8) is 0 Å². The fourth-order valence-electron chi connectivity index (χ4n) is 2.68. The van der Waals surface area contributed by atoms with Crippen LogP contribution in [-0.4, -0.2) is 22.4 Å². The third-order valence-electron chi connectivity index (χ3n) is 4.15. The lowest BCUT2D eigenvalue weighted by atomic mass is 9.98. The topological polar surface area (TPSA) is 29.9 Å². The van der Waals surface area contributed by atoms with Crippen molar-refractivity contribution >= 4 is 0 Å². The van der Waals surface area contributed by atoms with E-state index in [1.54, 1.807) is 0 Å². The summed E-state index contributed by atoms with van der Waals surface area (Å²) in [5, 5.41) is 8.41. The summed E-state index contributed by atoms with van der Waals surface area (Å²) < 4.78 is 2.15. The molecule has 0 aromatic carbocycles. The SMILES string of the molecule is CCCNC(CCc1ccn(C(CC)CC)n1)C(C)C. The van der Waals surface area contributed by atoms with Crippen LogP contribution in [0.3, 0.4) is 0 Å². The summed E-state index contributed by atoms with van der Waals surface area (Å²) in [7, 11) is 0. The summed E-state index contributed by atoms with van der Waals surface area (Å²) in [6.45, 7) is 12.4. The summed E-state index contributed by atoms with van der Waals surface area (Å²) in [4.78, 5) is 0. The molecule has 0 fully saturated rings. The van der Waals surface area contributed by atoms with Crippen LogP contribution in [0.5, 0.6) is 0 Å². The van der Waals surface area contributed by atoms with E-state index in [9.17, 15) is 0 Å². The van der Waals surface area contributed by atoms with E-state index in [-0.39, 0.29) is 0 Å². The Hall–Kier alpha value is -0.830. The molecule has 3 heteroatoms. The van der Waals surface area contributed by atoms with E-state index in [4.69, 9.17) is 5.10 Å². The Labute approximate surface area is 125 Å². The molecule has 0 aliphatic carbocycles. The first-order chi connectivity index (χ1) is 9.62. The van der Waals surface area contributed by atoms with Crippen LogP contribution < -0.4 is 5.32 Å². The Bertz CT molecular complexity index is 353. The molecule has 0 aliphatic heterocycles. The van der Waals surface area contributed by atoms with Crippen molar-refractivity contribution in [1.29, 1.82) is 0 Å². The zero-order valence-electron chi connectivity index (χ0n) is 14.0. The number of aryl methyl sites for hydroxylation is 1. The predicted molar refractivity (Wildman–Crippen MR) is 87.1 cm³/mol. The smallest absolute Gasteiger partial charge is 0.0625 e. The molecule has 0 spiro atoms. The Morgan fingerprint density at radius 1 is 1.20 bits per heavy atom. The van der Waals surface area contributed by atoms with Gasteiger partial charge in [-0.25, -0.2) is 0 Å². The summed E-state index contributed by atoms with van der Waals surface area (Å²) in [6.07, 6.45) is 7.92. The van der Waals surface area contributed by atoms with Gasteiger partial charge in [-0.1, -0.05) is 34.6 Å². The standard InChI is InChI=1S/C17H33N3/c1-6-12-18-17(14(4)5)10-9-15-11-13-20(19-15)16(7-2)8-3/h11,13-14,16-18H,6-10,12H2,1-5H3. The molecule has 0 radical (unpaired) electrons. The Morgan fingerprint density at radius 3 is 2.45 bits per heavy atom. The average molecular weight is 279 g/mol. The number of rotatable bonds is 10. The maximum absolute atomic E-state index is 4.75. The van der Waals surface area contributed by atoms with Crippen LogP contribution >= 0.6 is 0 Å². The third kappa shape index (κ3) is 5.28. The number of hydrogen-bond acceptors (Lipinski definition) is 2. The van der Waals surface area contributed by atoms with Crippen LogP contribution in [0.4, 0.5) is 0 Å². The molecule has 1 aromatic heterocycles.